The summed E-state index contributed by atoms with van der Waals surface area (Å²) in [4.78, 5) is 2.14. The van der Waals surface area contributed by atoms with Crippen molar-refractivity contribution in [1.82, 2.24) is 10.2 Å². The first kappa shape index (κ1) is 11.9. The van der Waals surface area contributed by atoms with Crippen molar-refractivity contribution >= 4 is 0 Å². The van der Waals surface area contributed by atoms with Gasteiger partial charge in [-0.3, -0.25) is 0 Å². The average molecular weight is 202 g/mol. The summed E-state index contributed by atoms with van der Waals surface area (Å²) in [6.07, 6.45) is 2.69. The topological polar surface area (TPSA) is 55.7 Å². The zero-order valence-electron chi connectivity index (χ0n) is 9.00. The lowest BCUT2D eigenvalue weighted by Gasteiger charge is -2.27. The molecular formula is C10H22N2O2. The predicted octanol–water partition coefficient (Wildman–Crippen LogP) is -0.585. The molecule has 4 heteroatoms. The van der Waals surface area contributed by atoms with Gasteiger partial charge in [0.25, 0.3) is 0 Å². The molecule has 1 unspecified atom stereocenters. The number of aliphatic hydroxyl groups is 2. The van der Waals surface area contributed by atoms with Crippen LogP contribution in [-0.4, -0.2) is 60.5 Å². The van der Waals surface area contributed by atoms with Crippen molar-refractivity contribution in [2.75, 3.05) is 39.8 Å². The summed E-state index contributed by atoms with van der Waals surface area (Å²) in [7, 11) is 2.02. The third-order valence-corrected chi connectivity index (χ3v) is 2.73. The second kappa shape index (κ2) is 5.66. The number of unbranched alkanes of at least 4 members (excludes halogenated alkanes) is 1. The molecule has 0 aromatic heterocycles. The molecule has 1 aliphatic heterocycles. The van der Waals surface area contributed by atoms with E-state index in [4.69, 9.17) is 5.11 Å². The van der Waals surface area contributed by atoms with E-state index in [2.05, 4.69) is 10.2 Å². The van der Waals surface area contributed by atoms with Crippen LogP contribution < -0.4 is 5.32 Å². The molecule has 84 valence electrons. The Balaban J connectivity index is 2.15. The van der Waals surface area contributed by atoms with Gasteiger partial charge in [-0.2, -0.15) is 0 Å². The van der Waals surface area contributed by atoms with Crippen LogP contribution in [0.25, 0.3) is 0 Å². The third kappa shape index (κ3) is 3.92. The lowest BCUT2D eigenvalue weighted by Crippen LogP contribution is -2.43. The molecule has 0 aromatic carbocycles. The quantitative estimate of drug-likeness (QED) is 0.504. The number of nitrogens with zero attached hydrogens (tertiary/aromatic N) is 1. The number of hydrogen-bond acceptors (Lipinski definition) is 4. The molecule has 0 spiro atoms. The van der Waals surface area contributed by atoms with Crippen molar-refractivity contribution < 1.29 is 10.2 Å². The van der Waals surface area contributed by atoms with Gasteiger partial charge in [-0.05, 0) is 39.4 Å². The number of rotatable bonds is 6. The van der Waals surface area contributed by atoms with Gasteiger partial charge in [0.05, 0.1) is 5.60 Å². The summed E-state index contributed by atoms with van der Waals surface area (Å²) >= 11 is 0. The first-order valence-corrected chi connectivity index (χ1v) is 5.39. The maximum absolute atomic E-state index is 10.1. The highest BCUT2D eigenvalue weighted by Crippen LogP contribution is 2.15. The summed E-state index contributed by atoms with van der Waals surface area (Å²) in [5.74, 6) is 0. The Morgan fingerprint density at radius 3 is 2.79 bits per heavy atom. The Morgan fingerprint density at radius 1 is 1.43 bits per heavy atom. The van der Waals surface area contributed by atoms with Gasteiger partial charge < -0.3 is 20.4 Å². The maximum Gasteiger partial charge on any atom is 0.0909 e. The molecule has 0 aromatic rings. The SMILES string of the molecule is CN(CCCCO)CC1(O)CCNC1. The summed E-state index contributed by atoms with van der Waals surface area (Å²) < 4.78 is 0. The second-order valence-electron chi connectivity index (χ2n) is 4.32. The van der Waals surface area contributed by atoms with E-state index in [0.29, 0.717) is 6.54 Å². The van der Waals surface area contributed by atoms with Gasteiger partial charge in [0.1, 0.15) is 0 Å². The number of nitrogens with one attached hydrogen (secondary N) is 1. The molecule has 1 rings (SSSR count). The Labute approximate surface area is 85.9 Å². The monoisotopic (exact) mass is 202 g/mol. The smallest absolute Gasteiger partial charge is 0.0909 e. The first-order chi connectivity index (χ1) is 6.66. The minimum atomic E-state index is -0.534. The molecule has 1 saturated heterocycles. The molecule has 1 atom stereocenters. The fourth-order valence-electron chi connectivity index (χ4n) is 1.94. The molecule has 1 fully saturated rings. The van der Waals surface area contributed by atoms with Crippen molar-refractivity contribution in [2.45, 2.75) is 24.9 Å². The maximum atomic E-state index is 10.1. The van der Waals surface area contributed by atoms with Gasteiger partial charge in [0, 0.05) is 19.7 Å². The van der Waals surface area contributed by atoms with Crippen molar-refractivity contribution in [3.8, 4) is 0 Å². The molecule has 1 heterocycles. The molecule has 1 aliphatic rings. The van der Waals surface area contributed by atoms with E-state index in [0.717, 1.165) is 38.9 Å². The zero-order chi connectivity index (χ0) is 10.4. The van der Waals surface area contributed by atoms with E-state index in [9.17, 15) is 5.11 Å². The van der Waals surface area contributed by atoms with Crippen molar-refractivity contribution in [3.05, 3.63) is 0 Å². The van der Waals surface area contributed by atoms with Crippen LogP contribution in [-0.2, 0) is 0 Å². The van der Waals surface area contributed by atoms with Gasteiger partial charge >= 0.3 is 0 Å². The van der Waals surface area contributed by atoms with Crippen LogP contribution in [0.15, 0.2) is 0 Å². The van der Waals surface area contributed by atoms with Gasteiger partial charge in [-0.15, -0.1) is 0 Å². The van der Waals surface area contributed by atoms with Crippen molar-refractivity contribution in [3.63, 3.8) is 0 Å². The number of β-amino-alcohol motifs (C(OH)–C–C–N with tert-alkyl or cyclic N) is 1. The Hall–Kier alpha value is -0.160. The van der Waals surface area contributed by atoms with E-state index >= 15 is 0 Å². The Morgan fingerprint density at radius 2 is 2.21 bits per heavy atom. The number of aliphatic hydroxyl groups excluding tert-OH is 1. The van der Waals surface area contributed by atoms with Crippen LogP contribution in [0.4, 0.5) is 0 Å². The van der Waals surface area contributed by atoms with E-state index < -0.39 is 5.60 Å². The normalized spacial score (nSPS) is 27.4. The number of hydrogen-bond donors (Lipinski definition) is 3. The predicted molar refractivity (Wildman–Crippen MR) is 56.3 cm³/mol. The van der Waals surface area contributed by atoms with Crippen LogP contribution in [0.3, 0.4) is 0 Å². The standard InChI is InChI=1S/C10H22N2O2/c1-12(6-2-3-7-13)9-10(14)4-5-11-8-10/h11,13-14H,2-9H2,1H3. The summed E-state index contributed by atoms with van der Waals surface area (Å²) in [6.45, 7) is 3.56. The van der Waals surface area contributed by atoms with Crippen LogP contribution in [0.5, 0.6) is 0 Å². The van der Waals surface area contributed by atoms with Crippen molar-refractivity contribution in [1.29, 1.82) is 0 Å². The number of likely N-dealkylation sites (N-methyl/N-ethyl adjacent to an activating group) is 1. The van der Waals surface area contributed by atoms with Gasteiger partial charge in [-0.1, -0.05) is 0 Å². The van der Waals surface area contributed by atoms with Crippen LogP contribution in [0.2, 0.25) is 0 Å². The summed E-state index contributed by atoms with van der Waals surface area (Å²) in [5.41, 5.74) is -0.534. The minimum Gasteiger partial charge on any atom is -0.396 e. The summed E-state index contributed by atoms with van der Waals surface area (Å²) in [5, 5.41) is 21.9. The third-order valence-electron chi connectivity index (χ3n) is 2.73. The van der Waals surface area contributed by atoms with Gasteiger partial charge in [0.15, 0.2) is 0 Å². The molecule has 0 radical (unpaired) electrons. The molecular weight excluding hydrogens is 180 g/mol. The average Bonchev–Trinajstić information content (AvgIpc) is 2.52. The van der Waals surface area contributed by atoms with Crippen LogP contribution in [0, 0.1) is 0 Å². The lowest BCUT2D eigenvalue weighted by molar-refractivity contribution is 0.0278. The Bertz CT molecular complexity index is 158. The van der Waals surface area contributed by atoms with Crippen molar-refractivity contribution in [2.24, 2.45) is 0 Å². The van der Waals surface area contributed by atoms with E-state index in [-0.39, 0.29) is 6.61 Å². The van der Waals surface area contributed by atoms with Crippen LogP contribution in [0.1, 0.15) is 19.3 Å². The molecule has 0 aliphatic carbocycles. The molecule has 0 bridgehead atoms. The minimum absolute atomic E-state index is 0.264. The molecule has 0 saturated carbocycles. The summed E-state index contributed by atoms with van der Waals surface area (Å²) in [6, 6.07) is 0. The van der Waals surface area contributed by atoms with E-state index in [1.807, 2.05) is 7.05 Å². The highest BCUT2D eigenvalue weighted by molar-refractivity contribution is 4.89. The van der Waals surface area contributed by atoms with E-state index in [1.165, 1.54) is 0 Å². The fourth-order valence-corrected chi connectivity index (χ4v) is 1.94. The largest absolute Gasteiger partial charge is 0.396 e. The fraction of sp³-hybridized carbons (Fsp3) is 1.00. The first-order valence-electron chi connectivity index (χ1n) is 5.39. The van der Waals surface area contributed by atoms with Gasteiger partial charge in [-0.25, -0.2) is 0 Å². The molecule has 3 N–H and O–H groups in total. The molecule has 4 nitrogen and oxygen atoms in total. The highest BCUT2D eigenvalue weighted by Gasteiger charge is 2.31. The second-order valence-corrected chi connectivity index (χ2v) is 4.32. The van der Waals surface area contributed by atoms with Crippen LogP contribution >= 0.6 is 0 Å². The Kier molecular flexibility index (Phi) is 4.81. The zero-order valence-corrected chi connectivity index (χ0v) is 9.00. The van der Waals surface area contributed by atoms with E-state index in [1.54, 1.807) is 0 Å². The molecule has 14 heavy (non-hydrogen) atoms. The molecule has 0 amide bonds. The highest BCUT2D eigenvalue weighted by atomic mass is 16.3. The lowest BCUT2D eigenvalue weighted by atomic mass is 10.0. The van der Waals surface area contributed by atoms with Gasteiger partial charge in [0.2, 0.25) is 0 Å².